The van der Waals surface area contributed by atoms with Crippen molar-refractivity contribution < 1.29 is 22.7 Å². The number of methoxy groups -OCH3 is 1. The molecule has 0 bridgehead atoms. The molecule has 2 N–H and O–H groups in total. The van der Waals surface area contributed by atoms with Crippen LogP contribution in [0.4, 0.5) is 13.2 Å². The SMILES string of the molecule is COCC(C)NC(=O)CNCc1ccccc1C(F)(F)F. The highest BCUT2D eigenvalue weighted by Gasteiger charge is 2.32. The lowest BCUT2D eigenvalue weighted by molar-refractivity contribution is -0.138. The molecule has 7 heteroatoms. The Morgan fingerprint density at radius 2 is 2.00 bits per heavy atom. The minimum absolute atomic E-state index is 0.0260. The number of benzene rings is 1. The molecular weight excluding hydrogens is 285 g/mol. The van der Waals surface area contributed by atoms with E-state index in [-0.39, 0.29) is 30.6 Å². The molecule has 0 aliphatic heterocycles. The lowest BCUT2D eigenvalue weighted by atomic mass is 10.1. The summed E-state index contributed by atoms with van der Waals surface area (Å²) >= 11 is 0. The first-order chi connectivity index (χ1) is 9.84. The molecule has 1 atom stereocenters. The number of halogens is 3. The fraction of sp³-hybridized carbons (Fsp3) is 0.500. The van der Waals surface area contributed by atoms with E-state index in [1.165, 1.54) is 25.3 Å². The van der Waals surface area contributed by atoms with E-state index < -0.39 is 11.7 Å². The predicted molar refractivity (Wildman–Crippen MR) is 72.6 cm³/mol. The van der Waals surface area contributed by atoms with Crippen LogP contribution >= 0.6 is 0 Å². The van der Waals surface area contributed by atoms with Crippen LogP contribution in [0, 0.1) is 0 Å². The van der Waals surface area contributed by atoms with Crippen molar-refractivity contribution in [2.75, 3.05) is 20.3 Å². The van der Waals surface area contributed by atoms with E-state index in [9.17, 15) is 18.0 Å². The van der Waals surface area contributed by atoms with Gasteiger partial charge in [0.25, 0.3) is 0 Å². The average molecular weight is 304 g/mol. The van der Waals surface area contributed by atoms with Gasteiger partial charge in [0, 0.05) is 19.7 Å². The van der Waals surface area contributed by atoms with Crippen molar-refractivity contribution in [3.63, 3.8) is 0 Å². The highest BCUT2D eigenvalue weighted by Crippen LogP contribution is 2.31. The molecule has 4 nitrogen and oxygen atoms in total. The Kier molecular flexibility index (Phi) is 6.64. The summed E-state index contributed by atoms with van der Waals surface area (Å²) in [6, 6.07) is 5.14. The van der Waals surface area contributed by atoms with Crippen molar-refractivity contribution in [3.8, 4) is 0 Å². The van der Waals surface area contributed by atoms with E-state index in [1.807, 2.05) is 0 Å². The van der Waals surface area contributed by atoms with Gasteiger partial charge in [-0.25, -0.2) is 0 Å². The maximum absolute atomic E-state index is 12.8. The van der Waals surface area contributed by atoms with Crippen LogP contribution in [0.1, 0.15) is 18.1 Å². The monoisotopic (exact) mass is 304 g/mol. The zero-order valence-electron chi connectivity index (χ0n) is 12.0. The molecule has 0 saturated carbocycles. The third-order valence-corrected chi connectivity index (χ3v) is 2.75. The Bertz CT molecular complexity index is 464. The van der Waals surface area contributed by atoms with Crippen molar-refractivity contribution in [2.45, 2.75) is 25.7 Å². The maximum atomic E-state index is 12.8. The molecule has 0 heterocycles. The number of carbonyl (C=O) groups is 1. The molecule has 1 aromatic carbocycles. The molecule has 0 fully saturated rings. The number of nitrogens with one attached hydrogen (secondary N) is 2. The van der Waals surface area contributed by atoms with Gasteiger partial charge in [-0.15, -0.1) is 0 Å². The van der Waals surface area contributed by atoms with Gasteiger partial charge in [0.05, 0.1) is 18.7 Å². The average Bonchev–Trinajstić information content (AvgIpc) is 2.38. The first-order valence-electron chi connectivity index (χ1n) is 6.48. The zero-order valence-corrected chi connectivity index (χ0v) is 12.0. The van der Waals surface area contributed by atoms with Gasteiger partial charge in [-0.2, -0.15) is 13.2 Å². The van der Waals surface area contributed by atoms with E-state index >= 15 is 0 Å². The van der Waals surface area contributed by atoms with E-state index in [4.69, 9.17) is 4.74 Å². The van der Waals surface area contributed by atoms with Crippen molar-refractivity contribution >= 4 is 5.91 Å². The van der Waals surface area contributed by atoms with Crippen molar-refractivity contribution in [2.24, 2.45) is 0 Å². The summed E-state index contributed by atoms with van der Waals surface area (Å²) in [6.45, 7) is 2.07. The van der Waals surface area contributed by atoms with Crippen molar-refractivity contribution in [1.82, 2.24) is 10.6 Å². The Morgan fingerprint density at radius 1 is 1.33 bits per heavy atom. The number of carbonyl (C=O) groups excluding carboxylic acids is 1. The Labute approximate surface area is 121 Å². The second kappa shape index (κ2) is 7.99. The van der Waals surface area contributed by atoms with Gasteiger partial charge in [0.2, 0.25) is 5.91 Å². The highest BCUT2D eigenvalue weighted by molar-refractivity contribution is 5.78. The van der Waals surface area contributed by atoms with Crippen LogP contribution in [-0.4, -0.2) is 32.2 Å². The van der Waals surface area contributed by atoms with Gasteiger partial charge >= 0.3 is 6.18 Å². The quantitative estimate of drug-likeness (QED) is 0.809. The van der Waals surface area contributed by atoms with Gasteiger partial charge in [0.15, 0.2) is 0 Å². The van der Waals surface area contributed by atoms with E-state index in [1.54, 1.807) is 6.92 Å². The van der Waals surface area contributed by atoms with Crippen LogP contribution in [-0.2, 0) is 22.3 Å². The number of hydrogen-bond acceptors (Lipinski definition) is 3. The maximum Gasteiger partial charge on any atom is 0.416 e. The number of hydrogen-bond donors (Lipinski definition) is 2. The van der Waals surface area contributed by atoms with Gasteiger partial charge in [-0.1, -0.05) is 18.2 Å². The molecule has 0 saturated heterocycles. The van der Waals surface area contributed by atoms with Gasteiger partial charge in [-0.05, 0) is 18.6 Å². The molecule has 1 unspecified atom stereocenters. The summed E-state index contributed by atoms with van der Waals surface area (Å²) in [5, 5.41) is 5.37. The first kappa shape index (κ1) is 17.5. The standard InChI is InChI=1S/C14H19F3N2O2/c1-10(9-21-2)19-13(20)8-18-7-11-5-3-4-6-12(11)14(15,16)17/h3-6,10,18H,7-9H2,1-2H3,(H,19,20). The van der Waals surface area contributed by atoms with E-state index in [0.29, 0.717) is 6.61 Å². The highest BCUT2D eigenvalue weighted by atomic mass is 19.4. The molecule has 21 heavy (non-hydrogen) atoms. The number of ether oxygens (including phenoxy) is 1. The van der Waals surface area contributed by atoms with Gasteiger partial charge in [-0.3, -0.25) is 4.79 Å². The van der Waals surface area contributed by atoms with Crippen LogP contribution < -0.4 is 10.6 Å². The molecule has 1 rings (SSSR count). The van der Waals surface area contributed by atoms with Crippen LogP contribution in [0.3, 0.4) is 0 Å². The molecule has 0 aromatic heterocycles. The summed E-state index contributed by atoms with van der Waals surface area (Å²) in [5.41, 5.74) is -0.576. The van der Waals surface area contributed by atoms with Crippen molar-refractivity contribution in [1.29, 1.82) is 0 Å². The van der Waals surface area contributed by atoms with Crippen LogP contribution in [0.15, 0.2) is 24.3 Å². The normalized spacial score (nSPS) is 13.0. The third-order valence-electron chi connectivity index (χ3n) is 2.75. The Morgan fingerprint density at radius 3 is 2.62 bits per heavy atom. The second-order valence-electron chi connectivity index (χ2n) is 4.68. The van der Waals surface area contributed by atoms with Gasteiger partial charge < -0.3 is 15.4 Å². The number of amides is 1. The summed E-state index contributed by atoms with van der Waals surface area (Å²) in [6.07, 6.45) is -4.40. The lowest BCUT2D eigenvalue weighted by Gasteiger charge is -2.15. The molecule has 0 radical (unpaired) electrons. The topological polar surface area (TPSA) is 50.4 Å². The number of rotatable bonds is 7. The fourth-order valence-electron chi connectivity index (χ4n) is 1.88. The molecule has 0 aliphatic rings. The Balaban J connectivity index is 2.48. The molecule has 1 amide bonds. The van der Waals surface area contributed by atoms with E-state index in [0.717, 1.165) is 6.07 Å². The Hall–Kier alpha value is -1.60. The minimum atomic E-state index is -4.40. The summed E-state index contributed by atoms with van der Waals surface area (Å²) in [4.78, 5) is 11.5. The zero-order chi connectivity index (χ0) is 15.9. The summed E-state index contributed by atoms with van der Waals surface area (Å²) in [5.74, 6) is -0.288. The van der Waals surface area contributed by atoms with Crippen molar-refractivity contribution in [3.05, 3.63) is 35.4 Å². The third kappa shape index (κ3) is 6.14. The molecule has 118 valence electrons. The smallest absolute Gasteiger partial charge is 0.383 e. The summed E-state index contributed by atoms with van der Waals surface area (Å²) < 4.78 is 43.2. The molecule has 0 spiro atoms. The fourth-order valence-corrected chi connectivity index (χ4v) is 1.88. The predicted octanol–water partition coefficient (Wildman–Crippen LogP) is 1.95. The number of alkyl halides is 3. The van der Waals surface area contributed by atoms with Crippen LogP contribution in [0.5, 0.6) is 0 Å². The largest absolute Gasteiger partial charge is 0.416 e. The lowest BCUT2D eigenvalue weighted by Crippen LogP contribution is -2.40. The molecule has 1 aromatic rings. The minimum Gasteiger partial charge on any atom is -0.383 e. The molecule has 0 aliphatic carbocycles. The second-order valence-corrected chi connectivity index (χ2v) is 4.68. The van der Waals surface area contributed by atoms with Crippen LogP contribution in [0.25, 0.3) is 0 Å². The van der Waals surface area contributed by atoms with Gasteiger partial charge in [0.1, 0.15) is 0 Å². The summed E-state index contributed by atoms with van der Waals surface area (Å²) in [7, 11) is 1.52. The molecular formula is C14H19F3N2O2. The van der Waals surface area contributed by atoms with E-state index in [2.05, 4.69) is 10.6 Å². The van der Waals surface area contributed by atoms with Crippen LogP contribution in [0.2, 0.25) is 0 Å². The first-order valence-corrected chi connectivity index (χ1v) is 6.48.